The van der Waals surface area contributed by atoms with Crippen LogP contribution < -0.4 is 5.32 Å². The van der Waals surface area contributed by atoms with E-state index in [2.05, 4.69) is 10.7 Å². The molecule has 0 radical (unpaired) electrons. The van der Waals surface area contributed by atoms with Gasteiger partial charge in [0.2, 0.25) is 5.91 Å². The van der Waals surface area contributed by atoms with Gasteiger partial charge in [0.05, 0.1) is 0 Å². The van der Waals surface area contributed by atoms with Crippen molar-refractivity contribution < 1.29 is 9.59 Å². The summed E-state index contributed by atoms with van der Waals surface area (Å²) in [6.07, 6.45) is 0.618. The molecule has 1 aromatic heterocycles. The Morgan fingerprint density at radius 3 is 2.60 bits per heavy atom. The zero-order valence-corrected chi connectivity index (χ0v) is 9.82. The van der Waals surface area contributed by atoms with Gasteiger partial charge in [-0.25, -0.2) is 0 Å². The topological polar surface area (TPSA) is 46.2 Å². The number of Topliss-reactive ketones (excluding diaryl/α,β-unsaturated/α-hetero) is 1. The first-order valence-electron chi connectivity index (χ1n) is 4.87. The second kappa shape index (κ2) is 5.66. The highest BCUT2D eigenvalue weighted by Crippen LogP contribution is 2.12. The standard InChI is InChI=1S/C11H15NO2S/c1-8-6-15-7-10(8)5-12-11(14)4-3-9(2)13/h6-7H,3-5H2,1-2H3,(H,12,14). The molecule has 0 spiro atoms. The molecule has 1 N–H and O–H groups in total. The van der Waals surface area contributed by atoms with Crippen LogP contribution in [0.25, 0.3) is 0 Å². The fourth-order valence-corrected chi connectivity index (χ4v) is 2.00. The lowest BCUT2D eigenvalue weighted by Crippen LogP contribution is -2.23. The number of hydrogen-bond donors (Lipinski definition) is 1. The van der Waals surface area contributed by atoms with Crippen molar-refractivity contribution in [3.8, 4) is 0 Å². The molecule has 0 saturated heterocycles. The number of amides is 1. The van der Waals surface area contributed by atoms with E-state index in [1.807, 2.05) is 12.3 Å². The molecular formula is C11H15NO2S. The minimum Gasteiger partial charge on any atom is -0.352 e. The summed E-state index contributed by atoms with van der Waals surface area (Å²) in [5.74, 6) is -0.00679. The number of ketones is 1. The Kier molecular flexibility index (Phi) is 4.49. The van der Waals surface area contributed by atoms with E-state index in [0.717, 1.165) is 5.56 Å². The highest BCUT2D eigenvalue weighted by Gasteiger charge is 2.04. The van der Waals surface area contributed by atoms with Gasteiger partial charge in [0.25, 0.3) is 0 Å². The molecule has 1 rings (SSSR count). The van der Waals surface area contributed by atoms with Gasteiger partial charge in [0, 0.05) is 19.4 Å². The maximum Gasteiger partial charge on any atom is 0.220 e. The molecule has 0 unspecified atom stereocenters. The number of carbonyl (C=O) groups excluding carboxylic acids is 2. The van der Waals surface area contributed by atoms with E-state index in [-0.39, 0.29) is 11.7 Å². The van der Waals surface area contributed by atoms with E-state index < -0.39 is 0 Å². The quantitative estimate of drug-likeness (QED) is 0.833. The Balaban J connectivity index is 2.28. The van der Waals surface area contributed by atoms with Crippen molar-refractivity contribution in [1.29, 1.82) is 0 Å². The fraction of sp³-hybridized carbons (Fsp3) is 0.455. The SMILES string of the molecule is CC(=O)CCC(=O)NCc1cscc1C. The third kappa shape index (κ3) is 4.25. The number of nitrogens with one attached hydrogen (secondary N) is 1. The molecule has 0 saturated carbocycles. The van der Waals surface area contributed by atoms with Crippen molar-refractivity contribution in [3.63, 3.8) is 0 Å². The van der Waals surface area contributed by atoms with Crippen LogP contribution in [0.15, 0.2) is 10.8 Å². The fourth-order valence-electron chi connectivity index (χ4n) is 1.14. The van der Waals surface area contributed by atoms with E-state index in [9.17, 15) is 9.59 Å². The summed E-state index contributed by atoms with van der Waals surface area (Å²) in [6, 6.07) is 0. The molecule has 15 heavy (non-hydrogen) atoms. The lowest BCUT2D eigenvalue weighted by molar-refractivity contribution is -0.124. The highest BCUT2D eigenvalue weighted by atomic mass is 32.1. The molecule has 4 heteroatoms. The summed E-state index contributed by atoms with van der Waals surface area (Å²) in [7, 11) is 0. The molecule has 0 atom stereocenters. The second-order valence-electron chi connectivity index (χ2n) is 3.56. The lowest BCUT2D eigenvalue weighted by atomic mass is 10.2. The van der Waals surface area contributed by atoms with Crippen LogP contribution in [0.3, 0.4) is 0 Å². The van der Waals surface area contributed by atoms with Gasteiger partial charge < -0.3 is 10.1 Å². The predicted octanol–water partition coefficient (Wildman–Crippen LogP) is 2.04. The van der Waals surface area contributed by atoms with Gasteiger partial charge in [0.1, 0.15) is 5.78 Å². The van der Waals surface area contributed by atoms with Gasteiger partial charge in [-0.05, 0) is 35.7 Å². The Bertz CT molecular complexity index is 357. The van der Waals surface area contributed by atoms with Gasteiger partial charge in [-0.3, -0.25) is 4.79 Å². The number of hydrogen-bond acceptors (Lipinski definition) is 3. The molecule has 1 aromatic rings. The summed E-state index contributed by atoms with van der Waals surface area (Å²) in [5, 5.41) is 6.88. The summed E-state index contributed by atoms with van der Waals surface area (Å²) >= 11 is 1.63. The summed E-state index contributed by atoms with van der Waals surface area (Å²) < 4.78 is 0. The van der Waals surface area contributed by atoms with E-state index >= 15 is 0 Å². The minimum absolute atomic E-state index is 0.0527. The van der Waals surface area contributed by atoms with Crippen LogP contribution in [0.5, 0.6) is 0 Å². The zero-order valence-electron chi connectivity index (χ0n) is 9.00. The largest absolute Gasteiger partial charge is 0.352 e. The third-order valence-corrected chi connectivity index (χ3v) is 3.05. The van der Waals surface area contributed by atoms with Crippen LogP contribution in [0, 0.1) is 6.92 Å². The van der Waals surface area contributed by atoms with Crippen molar-refractivity contribution in [2.75, 3.05) is 0 Å². The Hall–Kier alpha value is -1.16. The highest BCUT2D eigenvalue weighted by molar-refractivity contribution is 7.08. The molecule has 0 aliphatic rings. The number of thiophene rings is 1. The summed E-state index contributed by atoms with van der Waals surface area (Å²) in [4.78, 5) is 22.0. The smallest absolute Gasteiger partial charge is 0.220 e. The van der Waals surface area contributed by atoms with Crippen molar-refractivity contribution >= 4 is 23.0 Å². The monoisotopic (exact) mass is 225 g/mol. The van der Waals surface area contributed by atoms with Gasteiger partial charge in [-0.2, -0.15) is 11.3 Å². The third-order valence-electron chi connectivity index (χ3n) is 2.14. The molecule has 0 fully saturated rings. The lowest BCUT2D eigenvalue weighted by Gasteiger charge is -2.03. The molecule has 0 aromatic carbocycles. The van der Waals surface area contributed by atoms with Crippen LogP contribution in [0.4, 0.5) is 0 Å². The van der Waals surface area contributed by atoms with Crippen molar-refractivity contribution in [1.82, 2.24) is 5.32 Å². The van der Waals surface area contributed by atoms with E-state index in [1.165, 1.54) is 12.5 Å². The number of carbonyl (C=O) groups is 2. The van der Waals surface area contributed by atoms with Gasteiger partial charge in [0.15, 0.2) is 0 Å². The maximum absolute atomic E-state index is 11.3. The summed E-state index contributed by atoms with van der Waals surface area (Å²) in [5.41, 5.74) is 2.35. The van der Waals surface area contributed by atoms with Crippen LogP contribution in [0.1, 0.15) is 30.9 Å². The molecular weight excluding hydrogens is 210 g/mol. The molecule has 1 heterocycles. The molecule has 0 aliphatic heterocycles. The molecule has 82 valence electrons. The average Bonchev–Trinajstić information content (AvgIpc) is 2.58. The normalized spacial score (nSPS) is 10.0. The van der Waals surface area contributed by atoms with Crippen LogP contribution in [0.2, 0.25) is 0 Å². The van der Waals surface area contributed by atoms with Gasteiger partial charge in [-0.15, -0.1) is 0 Å². The van der Waals surface area contributed by atoms with E-state index in [0.29, 0.717) is 19.4 Å². The molecule has 1 amide bonds. The Labute approximate surface area is 93.5 Å². The zero-order chi connectivity index (χ0) is 11.3. The van der Waals surface area contributed by atoms with Crippen molar-refractivity contribution in [2.24, 2.45) is 0 Å². The van der Waals surface area contributed by atoms with E-state index in [1.54, 1.807) is 11.3 Å². The van der Waals surface area contributed by atoms with Gasteiger partial charge in [-0.1, -0.05) is 0 Å². The van der Waals surface area contributed by atoms with E-state index in [4.69, 9.17) is 0 Å². The number of rotatable bonds is 5. The molecule has 0 bridgehead atoms. The van der Waals surface area contributed by atoms with Crippen LogP contribution in [-0.4, -0.2) is 11.7 Å². The van der Waals surface area contributed by atoms with Crippen LogP contribution in [-0.2, 0) is 16.1 Å². The summed E-state index contributed by atoms with van der Waals surface area (Å²) in [6.45, 7) is 4.08. The maximum atomic E-state index is 11.3. The Morgan fingerprint density at radius 2 is 2.07 bits per heavy atom. The number of aryl methyl sites for hydroxylation is 1. The first-order chi connectivity index (χ1) is 7.09. The van der Waals surface area contributed by atoms with Crippen molar-refractivity contribution in [3.05, 3.63) is 21.9 Å². The van der Waals surface area contributed by atoms with Crippen molar-refractivity contribution in [2.45, 2.75) is 33.2 Å². The van der Waals surface area contributed by atoms with Crippen LogP contribution >= 0.6 is 11.3 Å². The molecule has 3 nitrogen and oxygen atoms in total. The average molecular weight is 225 g/mol. The van der Waals surface area contributed by atoms with Gasteiger partial charge >= 0.3 is 0 Å². The second-order valence-corrected chi connectivity index (χ2v) is 4.30. The molecule has 0 aliphatic carbocycles. The first kappa shape index (κ1) is 11.9. The predicted molar refractivity (Wildman–Crippen MR) is 60.8 cm³/mol. The Morgan fingerprint density at radius 1 is 1.33 bits per heavy atom. The minimum atomic E-state index is -0.0594. The first-order valence-corrected chi connectivity index (χ1v) is 5.81.